The van der Waals surface area contributed by atoms with E-state index in [1.807, 2.05) is 6.92 Å². The molecule has 0 aliphatic rings. The molecule has 0 aliphatic carbocycles. The first-order valence-corrected chi connectivity index (χ1v) is 7.23. The van der Waals surface area contributed by atoms with Crippen LogP contribution in [-0.2, 0) is 9.53 Å². The number of nitrogens with two attached hydrogens (primary N) is 1. The monoisotopic (exact) mass is 273 g/mol. The van der Waals surface area contributed by atoms with Gasteiger partial charge in [-0.3, -0.25) is 9.69 Å². The first-order valence-electron chi connectivity index (χ1n) is 7.23. The van der Waals surface area contributed by atoms with Crippen LogP contribution >= 0.6 is 0 Å². The van der Waals surface area contributed by atoms with Crippen molar-refractivity contribution in [2.45, 2.75) is 39.7 Å². The Morgan fingerprint density at radius 1 is 1.32 bits per heavy atom. The molecule has 19 heavy (non-hydrogen) atoms. The lowest BCUT2D eigenvalue weighted by Gasteiger charge is -2.28. The summed E-state index contributed by atoms with van der Waals surface area (Å²) in [5, 5.41) is 2.99. The van der Waals surface area contributed by atoms with E-state index in [9.17, 15) is 4.79 Å². The third kappa shape index (κ3) is 8.97. The highest BCUT2D eigenvalue weighted by Gasteiger charge is 2.20. The molecule has 0 radical (unpaired) electrons. The summed E-state index contributed by atoms with van der Waals surface area (Å²) >= 11 is 0. The average Bonchev–Trinajstić information content (AvgIpc) is 2.37. The molecule has 0 heterocycles. The highest BCUT2D eigenvalue weighted by atomic mass is 16.5. The van der Waals surface area contributed by atoms with Crippen molar-refractivity contribution >= 4 is 5.91 Å². The van der Waals surface area contributed by atoms with E-state index in [0.717, 1.165) is 32.5 Å². The normalized spacial score (nSPS) is 13.0. The molecule has 0 saturated heterocycles. The van der Waals surface area contributed by atoms with Gasteiger partial charge in [0, 0.05) is 26.7 Å². The molecule has 114 valence electrons. The number of ether oxygens (including phenoxy) is 1. The first-order chi connectivity index (χ1) is 9.02. The minimum Gasteiger partial charge on any atom is -0.383 e. The Morgan fingerprint density at radius 2 is 2.00 bits per heavy atom. The van der Waals surface area contributed by atoms with E-state index in [0.29, 0.717) is 19.1 Å². The molecule has 1 amide bonds. The number of nitrogens with zero attached hydrogens (tertiary/aromatic N) is 1. The predicted molar refractivity (Wildman–Crippen MR) is 79.0 cm³/mol. The number of hydrogen-bond acceptors (Lipinski definition) is 4. The summed E-state index contributed by atoms with van der Waals surface area (Å²) in [7, 11) is 1.68. The van der Waals surface area contributed by atoms with Gasteiger partial charge in [0.15, 0.2) is 0 Å². The summed E-state index contributed by atoms with van der Waals surface area (Å²) in [5.41, 5.74) is 5.54. The minimum absolute atomic E-state index is 0.0915. The van der Waals surface area contributed by atoms with E-state index in [1.165, 1.54) is 0 Å². The van der Waals surface area contributed by atoms with Crippen LogP contribution in [0.1, 0.15) is 33.6 Å². The van der Waals surface area contributed by atoms with E-state index in [4.69, 9.17) is 10.5 Å². The molecule has 1 atom stereocenters. The lowest BCUT2D eigenvalue weighted by molar-refractivity contribution is -0.126. The highest BCUT2D eigenvalue weighted by Crippen LogP contribution is 2.02. The Labute approximate surface area is 117 Å². The van der Waals surface area contributed by atoms with Crippen molar-refractivity contribution in [1.29, 1.82) is 0 Å². The van der Waals surface area contributed by atoms with E-state index in [-0.39, 0.29) is 11.9 Å². The van der Waals surface area contributed by atoms with E-state index in [1.54, 1.807) is 7.11 Å². The third-order valence-corrected chi connectivity index (χ3v) is 3.18. The second-order valence-corrected chi connectivity index (χ2v) is 5.32. The molecule has 0 aromatic carbocycles. The Balaban J connectivity index is 4.17. The highest BCUT2D eigenvalue weighted by molar-refractivity contribution is 5.81. The van der Waals surface area contributed by atoms with Gasteiger partial charge < -0.3 is 15.8 Å². The van der Waals surface area contributed by atoms with Crippen LogP contribution in [0.5, 0.6) is 0 Å². The molecule has 0 bridgehead atoms. The van der Waals surface area contributed by atoms with Crippen molar-refractivity contribution in [3.63, 3.8) is 0 Å². The SMILES string of the molecule is COCCN(CCCN)C(C)C(=O)NCCC(C)C. The summed E-state index contributed by atoms with van der Waals surface area (Å²) in [4.78, 5) is 14.2. The largest absolute Gasteiger partial charge is 0.383 e. The molecule has 3 N–H and O–H groups in total. The topological polar surface area (TPSA) is 67.6 Å². The van der Waals surface area contributed by atoms with Gasteiger partial charge in [-0.05, 0) is 32.2 Å². The van der Waals surface area contributed by atoms with Crippen LogP contribution in [0.15, 0.2) is 0 Å². The second-order valence-electron chi connectivity index (χ2n) is 5.32. The number of carbonyl (C=O) groups excluding carboxylic acids is 1. The van der Waals surface area contributed by atoms with E-state index in [2.05, 4.69) is 24.1 Å². The molecule has 5 nitrogen and oxygen atoms in total. The Bertz CT molecular complexity index is 227. The minimum atomic E-state index is -0.131. The number of methoxy groups -OCH3 is 1. The van der Waals surface area contributed by atoms with Gasteiger partial charge in [-0.25, -0.2) is 0 Å². The fourth-order valence-corrected chi connectivity index (χ4v) is 1.80. The lowest BCUT2D eigenvalue weighted by Crippen LogP contribution is -2.47. The zero-order valence-corrected chi connectivity index (χ0v) is 12.9. The lowest BCUT2D eigenvalue weighted by atomic mass is 10.1. The molecule has 1 unspecified atom stereocenters. The van der Waals surface area contributed by atoms with Crippen LogP contribution in [0.3, 0.4) is 0 Å². The van der Waals surface area contributed by atoms with Crippen LogP contribution in [0.2, 0.25) is 0 Å². The van der Waals surface area contributed by atoms with Gasteiger partial charge in [0.25, 0.3) is 0 Å². The van der Waals surface area contributed by atoms with E-state index >= 15 is 0 Å². The maximum atomic E-state index is 12.1. The Morgan fingerprint density at radius 3 is 2.53 bits per heavy atom. The van der Waals surface area contributed by atoms with Crippen molar-refractivity contribution in [1.82, 2.24) is 10.2 Å². The molecule has 5 heteroatoms. The van der Waals surface area contributed by atoms with E-state index < -0.39 is 0 Å². The number of carbonyl (C=O) groups is 1. The van der Waals surface area contributed by atoms with Crippen molar-refractivity contribution < 1.29 is 9.53 Å². The molecule has 0 rings (SSSR count). The smallest absolute Gasteiger partial charge is 0.237 e. The molecule has 0 aliphatic heterocycles. The van der Waals surface area contributed by atoms with Crippen molar-refractivity contribution in [2.75, 3.05) is 39.9 Å². The zero-order chi connectivity index (χ0) is 14.7. The average molecular weight is 273 g/mol. The van der Waals surface area contributed by atoms with Crippen molar-refractivity contribution in [2.24, 2.45) is 11.7 Å². The second kappa shape index (κ2) is 11.2. The van der Waals surface area contributed by atoms with Gasteiger partial charge in [0.2, 0.25) is 5.91 Å². The quantitative estimate of drug-likeness (QED) is 0.585. The standard InChI is InChI=1S/C14H31N3O2/c1-12(2)6-8-16-14(18)13(3)17(9-5-7-15)10-11-19-4/h12-13H,5-11,15H2,1-4H3,(H,16,18). The number of rotatable bonds is 11. The fourth-order valence-electron chi connectivity index (χ4n) is 1.80. The maximum absolute atomic E-state index is 12.1. The van der Waals surface area contributed by atoms with Crippen LogP contribution in [0.25, 0.3) is 0 Å². The van der Waals surface area contributed by atoms with Gasteiger partial charge in [-0.2, -0.15) is 0 Å². The van der Waals surface area contributed by atoms with Gasteiger partial charge >= 0.3 is 0 Å². The van der Waals surface area contributed by atoms with Gasteiger partial charge in [0.05, 0.1) is 12.6 Å². The van der Waals surface area contributed by atoms with Gasteiger partial charge in [0.1, 0.15) is 0 Å². The molecule has 0 spiro atoms. The molecule has 0 aromatic heterocycles. The Hall–Kier alpha value is -0.650. The Kier molecular flexibility index (Phi) is 10.8. The van der Waals surface area contributed by atoms with Gasteiger partial charge in [-0.1, -0.05) is 13.8 Å². The van der Waals surface area contributed by atoms with Crippen LogP contribution in [0, 0.1) is 5.92 Å². The van der Waals surface area contributed by atoms with Crippen molar-refractivity contribution in [3.05, 3.63) is 0 Å². The van der Waals surface area contributed by atoms with Crippen LogP contribution in [-0.4, -0.2) is 56.7 Å². The summed E-state index contributed by atoms with van der Waals surface area (Å²) in [5.74, 6) is 0.700. The molecular formula is C14H31N3O2. The molecule has 0 aromatic rings. The zero-order valence-electron chi connectivity index (χ0n) is 12.9. The third-order valence-electron chi connectivity index (χ3n) is 3.18. The summed E-state index contributed by atoms with van der Waals surface area (Å²) in [6.07, 6.45) is 1.91. The van der Waals surface area contributed by atoms with Gasteiger partial charge in [-0.15, -0.1) is 0 Å². The van der Waals surface area contributed by atoms with Crippen LogP contribution in [0.4, 0.5) is 0 Å². The summed E-state index contributed by atoms with van der Waals surface area (Å²) < 4.78 is 5.09. The molecule has 0 fully saturated rings. The number of hydrogen-bond donors (Lipinski definition) is 2. The van der Waals surface area contributed by atoms with Crippen LogP contribution < -0.4 is 11.1 Å². The molecule has 0 saturated carbocycles. The summed E-state index contributed by atoms with van der Waals surface area (Å²) in [6.45, 7) is 9.86. The number of nitrogens with one attached hydrogen (secondary N) is 1. The number of amides is 1. The summed E-state index contributed by atoms with van der Waals surface area (Å²) in [6, 6.07) is -0.131. The van der Waals surface area contributed by atoms with Crippen molar-refractivity contribution in [3.8, 4) is 0 Å². The molecular weight excluding hydrogens is 242 g/mol. The fraction of sp³-hybridized carbons (Fsp3) is 0.929. The first kappa shape index (κ1) is 18.4. The predicted octanol–water partition coefficient (Wildman–Crippen LogP) is 0.834. The maximum Gasteiger partial charge on any atom is 0.237 e.